The first-order valence-corrected chi connectivity index (χ1v) is 6.53. The van der Waals surface area contributed by atoms with Gasteiger partial charge in [-0.15, -0.1) is 0 Å². The third-order valence-corrected chi connectivity index (χ3v) is 4.51. The molecular formula is C16H20. The molecule has 1 aromatic rings. The van der Waals surface area contributed by atoms with Crippen molar-refractivity contribution in [2.24, 2.45) is 17.8 Å². The van der Waals surface area contributed by atoms with Gasteiger partial charge in [0.15, 0.2) is 0 Å². The molecule has 0 spiro atoms. The molecule has 1 aromatic carbocycles. The SMILES string of the molecule is CC(C)C1CC2C=Cc3ccccc3C2C1. The molecule has 0 radical (unpaired) electrons. The molecular weight excluding hydrogens is 192 g/mol. The number of hydrogen-bond donors (Lipinski definition) is 0. The second-order valence-corrected chi connectivity index (χ2v) is 5.73. The average Bonchev–Trinajstić information content (AvgIpc) is 2.73. The van der Waals surface area contributed by atoms with Crippen molar-refractivity contribution in [3.8, 4) is 0 Å². The Morgan fingerprint density at radius 2 is 1.94 bits per heavy atom. The van der Waals surface area contributed by atoms with Gasteiger partial charge in [-0.25, -0.2) is 0 Å². The number of hydrogen-bond acceptors (Lipinski definition) is 0. The Morgan fingerprint density at radius 3 is 2.75 bits per heavy atom. The Morgan fingerprint density at radius 1 is 1.12 bits per heavy atom. The van der Waals surface area contributed by atoms with Gasteiger partial charge in [0.25, 0.3) is 0 Å². The van der Waals surface area contributed by atoms with E-state index in [1.54, 1.807) is 5.56 Å². The lowest BCUT2D eigenvalue weighted by molar-refractivity contribution is 0.387. The summed E-state index contributed by atoms with van der Waals surface area (Å²) in [5.41, 5.74) is 3.05. The Kier molecular flexibility index (Phi) is 2.38. The minimum Gasteiger partial charge on any atom is -0.0802 e. The fourth-order valence-corrected chi connectivity index (χ4v) is 3.45. The van der Waals surface area contributed by atoms with Crippen LogP contribution in [0.2, 0.25) is 0 Å². The third kappa shape index (κ3) is 1.52. The van der Waals surface area contributed by atoms with E-state index < -0.39 is 0 Å². The zero-order valence-electron chi connectivity index (χ0n) is 10.2. The van der Waals surface area contributed by atoms with Crippen LogP contribution < -0.4 is 0 Å². The van der Waals surface area contributed by atoms with Gasteiger partial charge in [0.05, 0.1) is 0 Å². The molecule has 0 aliphatic heterocycles. The highest BCUT2D eigenvalue weighted by molar-refractivity contribution is 5.58. The Balaban J connectivity index is 1.94. The van der Waals surface area contributed by atoms with Gasteiger partial charge in [0.1, 0.15) is 0 Å². The highest BCUT2D eigenvalue weighted by Crippen LogP contribution is 2.49. The van der Waals surface area contributed by atoms with Crippen LogP contribution in [-0.4, -0.2) is 0 Å². The summed E-state index contributed by atoms with van der Waals surface area (Å²) >= 11 is 0. The van der Waals surface area contributed by atoms with Gasteiger partial charge in [-0.2, -0.15) is 0 Å². The minimum absolute atomic E-state index is 0.800. The topological polar surface area (TPSA) is 0 Å². The van der Waals surface area contributed by atoms with Crippen molar-refractivity contribution < 1.29 is 0 Å². The predicted octanol–water partition coefficient (Wildman–Crippen LogP) is 4.48. The molecule has 0 saturated heterocycles. The van der Waals surface area contributed by atoms with E-state index in [1.807, 2.05) is 0 Å². The quantitative estimate of drug-likeness (QED) is 0.644. The Labute approximate surface area is 98.4 Å². The van der Waals surface area contributed by atoms with Crippen LogP contribution in [0, 0.1) is 17.8 Å². The molecule has 84 valence electrons. The van der Waals surface area contributed by atoms with Crippen molar-refractivity contribution in [3.63, 3.8) is 0 Å². The maximum absolute atomic E-state index is 2.45. The lowest BCUT2D eigenvalue weighted by Gasteiger charge is -2.23. The minimum atomic E-state index is 0.800. The molecule has 0 heteroatoms. The van der Waals surface area contributed by atoms with Gasteiger partial charge in [-0.3, -0.25) is 0 Å². The molecule has 3 atom stereocenters. The van der Waals surface area contributed by atoms with Gasteiger partial charge < -0.3 is 0 Å². The van der Waals surface area contributed by atoms with Crippen LogP contribution in [0.15, 0.2) is 30.3 Å². The van der Waals surface area contributed by atoms with Crippen LogP contribution >= 0.6 is 0 Å². The maximum Gasteiger partial charge on any atom is -0.00901 e. The normalized spacial score (nSPS) is 31.6. The highest BCUT2D eigenvalue weighted by atomic mass is 14.4. The lowest BCUT2D eigenvalue weighted by Crippen LogP contribution is -2.08. The third-order valence-electron chi connectivity index (χ3n) is 4.51. The van der Waals surface area contributed by atoms with E-state index in [0.717, 1.165) is 23.7 Å². The van der Waals surface area contributed by atoms with E-state index in [4.69, 9.17) is 0 Å². The fraction of sp³-hybridized carbons (Fsp3) is 0.500. The molecule has 3 unspecified atom stereocenters. The molecule has 16 heavy (non-hydrogen) atoms. The van der Waals surface area contributed by atoms with Crippen molar-refractivity contribution in [1.29, 1.82) is 0 Å². The Hall–Kier alpha value is -1.04. The molecule has 0 N–H and O–H groups in total. The van der Waals surface area contributed by atoms with Crippen LogP contribution in [0.5, 0.6) is 0 Å². The first kappa shape index (κ1) is 10.1. The van der Waals surface area contributed by atoms with Crippen molar-refractivity contribution in [3.05, 3.63) is 41.5 Å². The molecule has 1 fully saturated rings. The largest absolute Gasteiger partial charge is 0.0802 e. The van der Waals surface area contributed by atoms with Crippen LogP contribution in [0.25, 0.3) is 6.08 Å². The number of allylic oxidation sites excluding steroid dienone is 1. The molecule has 0 bridgehead atoms. The zero-order chi connectivity index (χ0) is 11.1. The molecule has 2 aliphatic carbocycles. The fourth-order valence-electron chi connectivity index (χ4n) is 3.45. The van der Waals surface area contributed by atoms with Crippen LogP contribution in [0.4, 0.5) is 0 Å². The van der Waals surface area contributed by atoms with Crippen molar-refractivity contribution >= 4 is 6.08 Å². The van der Waals surface area contributed by atoms with Crippen LogP contribution in [-0.2, 0) is 0 Å². The summed E-state index contributed by atoms with van der Waals surface area (Å²) in [5, 5.41) is 0. The molecule has 0 amide bonds. The Bertz CT molecular complexity index is 414. The second kappa shape index (κ2) is 3.76. The summed E-state index contributed by atoms with van der Waals surface area (Å²) in [4.78, 5) is 0. The van der Waals surface area contributed by atoms with Gasteiger partial charge >= 0.3 is 0 Å². The average molecular weight is 212 g/mol. The summed E-state index contributed by atoms with van der Waals surface area (Å²) in [6.45, 7) is 4.75. The molecule has 0 nitrogen and oxygen atoms in total. The van der Waals surface area contributed by atoms with E-state index in [1.165, 1.54) is 18.4 Å². The monoisotopic (exact) mass is 212 g/mol. The summed E-state index contributed by atoms with van der Waals surface area (Å²) < 4.78 is 0. The molecule has 2 aliphatic rings. The van der Waals surface area contributed by atoms with Crippen LogP contribution in [0.3, 0.4) is 0 Å². The summed E-state index contributed by atoms with van der Waals surface area (Å²) in [5.74, 6) is 3.37. The van der Waals surface area contributed by atoms with Crippen molar-refractivity contribution in [1.82, 2.24) is 0 Å². The van der Waals surface area contributed by atoms with Crippen molar-refractivity contribution in [2.45, 2.75) is 32.6 Å². The van der Waals surface area contributed by atoms with E-state index in [0.29, 0.717) is 0 Å². The zero-order valence-corrected chi connectivity index (χ0v) is 10.2. The smallest absolute Gasteiger partial charge is 0.00901 e. The number of benzene rings is 1. The molecule has 0 aromatic heterocycles. The van der Waals surface area contributed by atoms with Gasteiger partial charge in [-0.05, 0) is 47.6 Å². The lowest BCUT2D eigenvalue weighted by atomic mass is 9.81. The highest BCUT2D eigenvalue weighted by Gasteiger charge is 2.37. The molecule has 1 saturated carbocycles. The van der Waals surface area contributed by atoms with E-state index >= 15 is 0 Å². The van der Waals surface area contributed by atoms with Gasteiger partial charge in [0, 0.05) is 0 Å². The standard InChI is InChI=1S/C16H20/c1-11(2)14-9-13-8-7-12-5-3-4-6-15(12)16(13)10-14/h3-8,11,13-14,16H,9-10H2,1-2H3. The van der Waals surface area contributed by atoms with E-state index in [2.05, 4.69) is 50.3 Å². The van der Waals surface area contributed by atoms with Crippen molar-refractivity contribution in [2.75, 3.05) is 0 Å². The maximum atomic E-state index is 2.45. The van der Waals surface area contributed by atoms with Gasteiger partial charge in [0.2, 0.25) is 0 Å². The first-order chi connectivity index (χ1) is 7.75. The molecule has 3 rings (SSSR count). The van der Waals surface area contributed by atoms with Gasteiger partial charge in [-0.1, -0.05) is 50.3 Å². The number of rotatable bonds is 1. The van der Waals surface area contributed by atoms with Crippen LogP contribution in [0.1, 0.15) is 43.7 Å². The van der Waals surface area contributed by atoms with E-state index in [9.17, 15) is 0 Å². The van der Waals surface area contributed by atoms with E-state index in [-0.39, 0.29) is 0 Å². The molecule has 0 heterocycles. The summed E-state index contributed by atoms with van der Waals surface area (Å²) in [7, 11) is 0. The summed E-state index contributed by atoms with van der Waals surface area (Å²) in [6, 6.07) is 8.93. The summed E-state index contributed by atoms with van der Waals surface area (Å²) in [6.07, 6.45) is 7.57. The first-order valence-electron chi connectivity index (χ1n) is 6.53. The second-order valence-electron chi connectivity index (χ2n) is 5.73. The predicted molar refractivity (Wildman–Crippen MR) is 69.3 cm³/mol. The number of fused-ring (bicyclic) bond motifs is 3.